The summed E-state index contributed by atoms with van der Waals surface area (Å²) in [5.74, 6) is 0.911. The van der Waals surface area contributed by atoms with Crippen molar-refractivity contribution in [1.82, 2.24) is 5.32 Å². The van der Waals surface area contributed by atoms with E-state index in [4.69, 9.17) is 18.3 Å². The van der Waals surface area contributed by atoms with Crippen molar-refractivity contribution in [3.63, 3.8) is 0 Å². The topological polar surface area (TPSA) is 52.1 Å². The number of aliphatic imine (C=N–C) groups is 1. The van der Waals surface area contributed by atoms with E-state index in [0.29, 0.717) is 25.9 Å². The highest BCUT2D eigenvalue weighted by molar-refractivity contribution is 6.60. The molecule has 2 fully saturated rings. The van der Waals surface area contributed by atoms with Crippen molar-refractivity contribution in [3.05, 3.63) is 0 Å². The Hall–Kier alpha value is -0.273. The molecule has 0 bridgehead atoms. The second-order valence-electron chi connectivity index (χ2n) is 10.7. The van der Waals surface area contributed by atoms with Gasteiger partial charge in [-0.1, -0.05) is 64.2 Å². The predicted octanol–water partition coefficient (Wildman–Crippen LogP) is 7.71. The summed E-state index contributed by atoms with van der Waals surface area (Å²) in [5.41, 5.74) is 1.55. The Kier molecular flexibility index (Phi) is 17.5. The molecule has 6 heteroatoms. The minimum atomic E-state index is -2.45. The van der Waals surface area contributed by atoms with Gasteiger partial charge in [-0.05, 0) is 84.7 Å². The van der Waals surface area contributed by atoms with Crippen molar-refractivity contribution < 1.29 is 13.3 Å². The van der Waals surface area contributed by atoms with Crippen LogP contribution in [0.25, 0.3) is 0 Å². The van der Waals surface area contributed by atoms with Crippen LogP contribution >= 0.6 is 0 Å². The van der Waals surface area contributed by atoms with Crippen molar-refractivity contribution in [1.29, 1.82) is 0 Å². The quantitative estimate of drug-likeness (QED) is 0.103. The average Bonchev–Trinajstić information content (AvgIpc) is 2.87. The van der Waals surface area contributed by atoms with Crippen molar-refractivity contribution >= 4 is 14.5 Å². The zero-order valence-corrected chi connectivity index (χ0v) is 24.6. The van der Waals surface area contributed by atoms with Crippen LogP contribution in [0.5, 0.6) is 0 Å². The number of nitrogens with one attached hydrogen (secondary N) is 1. The average molecular weight is 511 g/mol. The SMILES string of the molecule is CCO[Si](CCCCCCNCCCC(CC1CCCCC1)=NC1CCCCC1)(OCC)OCC. The van der Waals surface area contributed by atoms with Crippen molar-refractivity contribution in [2.24, 2.45) is 10.9 Å². The lowest BCUT2D eigenvalue weighted by Crippen LogP contribution is -2.45. The summed E-state index contributed by atoms with van der Waals surface area (Å²) in [6.45, 7) is 10.4. The van der Waals surface area contributed by atoms with Crippen LogP contribution < -0.4 is 5.32 Å². The van der Waals surface area contributed by atoms with Gasteiger partial charge in [-0.25, -0.2) is 0 Å². The van der Waals surface area contributed by atoms with Gasteiger partial charge >= 0.3 is 8.80 Å². The van der Waals surface area contributed by atoms with E-state index in [9.17, 15) is 0 Å². The molecule has 0 aromatic heterocycles. The van der Waals surface area contributed by atoms with Gasteiger partial charge in [0.1, 0.15) is 0 Å². The summed E-state index contributed by atoms with van der Waals surface area (Å²) in [7, 11) is -2.45. The smallest absolute Gasteiger partial charge is 0.374 e. The molecule has 2 aliphatic rings. The molecular weight excluding hydrogens is 452 g/mol. The standard InChI is InChI=1S/C29H58N2O3Si/c1-4-32-35(33-5-2,34-6-3)25-16-8-7-15-23-30-24-17-22-29(26-27-18-11-9-12-19-27)31-28-20-13-10-14-21-28/h27-28,30H,4-26H2,1-3H3. The van der Waals surface area contributed by atoms with Gasteiger partial charge in [0.2, 0.25) is 0 Å². The van der Waals surface area contributed by atoms with E-state index in [0.717, 1.165) is 31.5 Å². The summed E-state index contributed by atoms with van der Waals surface area (Å²) < 4.78 is 17.9. The number of nitrogens with zero attached hydrogens (tertiary/aromatic N) is 1. The van der Waals surface area contributed by atoms with Crippen LogP contribution in [0.2, 0.25) is 6.04 Å². The van der Waals surface area contributed by atoms with E-state index in [1.54, 1.807) is 5.71 Å². The fraction of sp³-hybridized carbons (Fsp3) is 0.966. The van der Waals surface area contributed by atoms with Gasteiger partial charge in [0.05, 0.1) is 0 Å². The lowest BCUT2D eigenvalue weighted by molar-refractivity contribution is 0.0706. The molecule has 5 nitrogen and oxygen atoms in total. The molecule has 2 saturated carbocycles. The first-order valence-corrected chi connectivity index (χ1v) is 17.3. The van der Waals surface area contributed by atoms with Crippen molar-refractivity contribution in [3.8, 4) is 0 Å². The van der Waals surface area contributed by atoms with Crippen molar-refractivity contribution in [2.45, 2.75) is 142 Å². The fourth-order valence-corrected chi connectivity index (χ4v) is 8.59. The van der Waals surface area contributed by atoms with Gasteiger partial charge in [-0.2, -0.15) is 0 Å². The van der Waals surface area contributed by atoms with E-state index in [-0.39, 0.29) is 0 Å². The van der Waals surface area contributed by atoms with Gasteiger partial charge in [0.15, 0.2) is 0 Å². The van der Waals surface area contributed by atoms with E-state index in [2.05, 4.69) is 5.32 Å². The lowest BCUT2D eigenvalue weighted by Gasteiger charge is -2.28. The molecular formula is C29H58N2O3Si. The minimum absolute atomic E-state index is 0.630. The highest BCUT2D eigenvalue weighted by atomic mass is 28.4. The summed E-state index contributed by atoms with van der Waals surface area (Å²) in [4.78, 5) is 5.32. The zero-order chi connectivity index (χ0) is 25.0. The third-order valence-electron chi connectivity index (χ3n) is 7.69. The maximum absolute atomic E-state index is 5.97. The first-order valence-electron chi connectivity index (χ1n) is 15.4. The maximum atomic E-state index is 5.97. The monoisotopic (exact) mass is 510 g/mol. The Morgan fingerprint density at radius 1 is 0.714 bits per heavy atom. The largest absolute Gasteiger partial charge is 0.500 e. The molecule has 0 aromatic carbocycles. The Morgan fingerprint density at radius 3 is 1.91 bits per heavy atom. The maximum Gasteiger partial charge on any atom is 0.500 e. The molecule has 0 aromatic rings. The summed E-state index contributed by atoms with van der Waals surface area (Å²) >= 11 is 0. The normalized spacial score (nSPS) is 18.9. The highest BCUT2D eigenvalue weighted by Gasteiger charge is 2.39. The molecule has 0 heterocycles. The van der Waals surface area contributed by atoms with E-state index in [1.165, 1.54) is 103 Å². The lowest BCUT2D eigenvalue weighted by atomic mass is 9.84. The van der Waals surface area contributed by atoms with Crippen LogP contribution in [0, 0.1) is 5.92 Å². The van der Waals surface area contributed by atoms with Crippen LogP contribution in [-0.2, 0) is 13.3 Å². The molecule has 0 radical (unpaired) electrons. The van der Waals surface area contributed by atoms with Gasteiger partial charge in [0, 0.05) is 37.6 Å². The second-order valence-corrected chi connectivity index (χ2v) is 13.4. The summed E-state index contributed by atoms with van der Waals surface area (Å²) in [6, 6.07) is 1.57. The predicted molar refractivity (Wildman–Crippen MR) is 152 cm³/mol. The van der Waals surface area contributed by atoms with Crippen LogP contribution in [0.15, 0.2) is 4.99 Å². The van der Waals surface area contributed by atoms with Gasteiger partial charge < -0.3 is 18.6 Å². The van der Waals surface area contributed by atoms with E-state index < -0.39 is 8.80 Å². The molecule has 2 rings (SSSR count). The third-order valence-corrected chi connectivity index (χ3v) is 10.8. The molecule has 0 aliphatic heterocycles. The summed E-state index contributed by atoms with van der Waals surface area (Å²) in [6.07, 6.45) is 22.6. The molecule has 0 atom stereocenters. The molecule has 0 spiro atoms. The first-order chi connectivity index (χ1) is 17.2. The molecule has 0 unspecified atom stereocenters. The number of rotatable bonds is 20. The molecule has 0 amide bonds. The second kappa shape index (κ2) is 19.8. The van der Waals surface area contributed by atoms with Crippen LogP contribution in [0.1, 0.15) is 130 Å². The summed E-state index contributed by atoms with van der Waals surface area (Å²) in [5, 5.41) is 3.70. The molecule has 206 valence electrons. The van der Waals surface area contributed by atoms with Crippen LogP contribution in [0.4, 0.5) is 0 Å². The van der Waals surface area contributed by atoms with Gasteiger partial charge in [-0.15, -0.1) is 0 Å². The van der Waals surface area contributed by atoms with Crippen molar-refractivity contribution in [2.75, 3.05) is 32.9 Å². The van der Waals surface area contributed by atoms with Crippen LogP contribution in [-0.4, -0.2) is 53.5 Å². The molecule has 1 N–H and O–H groups in total. The van der Waals surface area contributed by atoms with E-state index in [1.807, 2.05) is 20.8 Å². The highest BCUT2D eigenvalue weighted by Crippen LogP contribution is 2.28. The Bertz CT molecular complexity index is 517. The zero-order valence-electron chi connectivity index (χ0n) is 23.6. The molecule has 0 saturated heterocycles. The first kappa shape index (κ1) is 30.9. The molecule has 35 heavy (non-hydrogen) atoms. The fourth-order valence-electron chi connectivity index (χ4n) is 5.90. The third kappa shape index (κ3) is 13.7. The number of unbranched alkanes of at least 4 members (excludes halogenated alkanes) is 3. The van der Waals surface area contributed by atoms with Gasteiger partial charge in [-0.3, -0.25) is 4.99 Å². The van der Waals surface area contributed by atoms with Crippen LogP contribution in [0.3, 0.4) is 0 Å². The Labute approximate surface area is 218 Å². The van der Waals surface area contributed by atoms with E-state index >= 15 is 0 Å². The van der Waals surface area contributed by atoms with Gasteiger partial charge in [0.25, 0.3) is 0 Å². The Morgan fingerprint density at radius 2 is 1.29 bits per heavy atom. The molecule has 2 aliphatic carbocycles. The Balaban J connectivity index is 1.59. The minimum Gasteiger partial charge on any atom is -0.374 e. The number of hydrogen-bond donors (Lipinski definition) is 1. The number of hydrogen-bond acceptors (Lipinski definition) is 5.